The second kappa shape index (κ2) is 7.10. The molecule has 2 N–H and O–H groups in total. The van der Waals surface area contributed by atoms with Crippen LogP contribution in [0.25, 0.3) is 0 Å². The first-order chi connectivity index (χ1) is 9.74. The van der Waals surface area contributed by atoms with Crippen molar-refractivity contribution in [1.29, 1.82) is 0 Å². The number of benzene rings is 1. The number of hydrogen-bond acceptors (Lipinski definition) is 3. The van der Waals surface area contributed by atoms with Crippen LogP contribution < -0.4 is 10.6 Å². The Balaban J connectivity index is 2.04. The molecule has 0 saturated carbocycles. The summed E-state index contributed by atoms with van der Waals surface area (Å²) in [6.07, 6.45) is 5.95. The van der Waals surface area contributed by atoms with Crippen LogP contribution in [0.5, 0.6) is 0 Å². The molecule has 4 heteroatoms. The molecule has 0 aliphatic heterocycles. The molecule has 0 fully saturated rings. The molecule has 0 bridgehead atoms. The summed E-state index contributed by atoms with van der Waals surface area (Å²) in [5.41, 5.74) is 8.09. The molecule has 0 atom stereocenters. The highest BCUT2D eigenvalue weighted by atomic mass is 15.1. The molecule has 2 aromatic rings. The van der Waals surface area contributed by atoms with Crippen molar-refractivity contribution in [1.82, 2.24) is 9.55 Å². The fraction of sp³-hybridized carbons (Fsp3) is 0.438. The molecule has 0 aliphatic carbocycles. The van der Waals surface area contributed by atoms with Crippen molar-refractivity contribution in [2.45, 2.75) is 26.3 Å². The molecule has 2 rings (SSSR count). The van der Waals surface area contributed by atoms with Crippen LogP contribution in [-0.2, 0) is 20.0 Å². The van der Waals surface area contributed by atoms with Gasteiger partial charge in [-0.2, -0.15) is 0 Å². The van der Waals surface area contributed by atoms with Gasteiger partial charge in [-0.1, -0.05) is 19.1 Å². The maximum atomic E-state index is 5.65. The molecule has 0 saturated heterocycles. The van der Waals surface area contributed by atoms with Crippen molar-refractivity contribution >= 4 is 5.69 Å². The van der Waals surface area contributed by atoms with E-state index in [-0.39, 0.29) is 0 Å². The van der Waals surface area contributed by atoms with Gasteiger partial charge in [0, 0.05) is 51.2 Å². The standard InChI is InChI=1S/C16H24N4/c1-3-10-20(11-8-16-18-9-12-19(16)2)15-6-4-14(13-17)5-7-15/h4-7,9,12H,3,8,10-11,13,17H2,1-2H3. The summed E-state index contributed by atoms with van der Waals surface area (Å²) in [6.45, 7) is 4.86. The van der Waals surface area contributed by atoms with Gasteiger partial charge in [0.2, 0.25) is 0 Å². The Hall–Kier alpha value is -1.81. The van der Waals surface area contributed by atoms with Crippen LogP contribution in [0.1, 0.15) is 24.7 Å². The third-order valence-corrected chi connectivity index (χ3v) is 3.56. The van der Waals surface area contributed by atoms with Gasteiger partial charge in [-0.05, 0) is 24.1 Å². The smallest absolute Gasteiger partial charge is 0.110 e. The van der Waals surface area contributed by atoms with Crippen molar-refractivity contribution in [2.75, 3.05) is 18.0 Å². The Bertz CT molecular complexity index is 516. The first-order valence-electron chi connectivity index (χ1n) is 7.24. The van der Waals surface area contributed by atoms with Gasteiger partial charge in [0.15, 0.2) is 0 Å². The Morgan fingerprint density at radius 1 is 1.20 bits per heavy atom. The van der Waals surface area contributed by atoms with Gasteiger partial charge >= 0.3 is 0 Å². The Morgan fingerprint density at radius 3 is 2.50 bits per heavy atom. The van der Waals surface area contributed by atoms with Crippen molar-refractivity contribution < 1.29 is 0 Å². The topological polar surface area (TPSA) is 47.1 Å². The number of hydrogen-bond donors (Lipinski definition) is 1. The van der Waals surface area contributed by atoms with Crippen LogP contribution in [0.15, 0.2) is 36.7 Å². The van der Waals surface area contributed by atoms with E-state index in [1.807, 2.05) is 19.4 Å². The number of imidazole rings is 1. The highest BCUT2D eigenvalue weighted by molar-refractivity contribution is 5.47. The zero-order chi connectivity index (χ0) is 14.4. The summed E-state index contributed by atoms with van der Waals surface area (Å²) in [5.74, 6) is 1.13. The fourth-order valence-corrected chi connectivity index (χ4v) is 2.36. The van der Waals surface area contributed by atoms with Gasteiger partial charge in [0.25, 0.3) is 0 Å². The summed E-state index contributed by atoms with van der Waals surface area (Å²) in [4.78, 5) is 6.80. The summed E-state index contributed by atoms with van der Waals surface area (Å²) in [6, 6.07) is 8.55. The lowest BCUT2D eigenvalue weighted by molar-refractivity contribution is 0.711. The number of nitrogens with zero attached hydrogens (tertiary/aromatic N) is 3. The van der Waals surface area contributed by atoms with Crippen molar-refractivity contribution in [3.63, 3.8) is 0 Å². The summed E-state index contributed by atoms with van der Waals surface area (Å²) < 4.78 is 2.08. The van der Waals surface area contributed by atoms with Gasteiger partial charge in [0.05, 0.1) is 0 Å². The molecular formula is C16H24N4. The second-order valence-corrected chi connectivity index (χ2v) is 5.06. The molecule has 4 nitrogen and oxygen atoms in total. The minimum absolute atomic E-state index is 0.599. The third kappa shape index (κ3) is 3.61. The zero-order valence-corrected chi connectivity index (χ0v) is 12.4. The van der Waals surface area contributed by atoms with Gasteiger partial charge in [-0.3, -0.25) is 0 Å². The van der Waals surface area contributed by atoms with E-state index in [9.17, 15) is 0 Å². The fourth-order valence-electron chi connectivity index (χ4n) is 2.36. The Morgan fingerprint density at radius 2 is 1.95 bits per heavy atom. The van der Waals surface area contributed by atoms with E-state index in [1.54, 1.807) is 0 Å². The maximum Gasteiger partial charge on any atom is 0.110 e. The van der Waals surface area contributed by atoms with E-state index in [2.05, 4.69) is 45.6 Å². The summed E-state index contributed by atoms with van der Waals surface area (Å²) in [7, 11) is 2.04. The molecule has 1 aromatic heterocycles. The lowest BCUT2D eigenvalue weighted by Gasteiger charge is -2.24. The number of aromatic nitrogens is 2. The summed E-state index contributed by atoms with van der Waals surface area (Å²) in [5, 5.41) is 0. The molecule has 20 heavy (non-hydrogen) atoms. The lowest BCUT2D eigenvalue weighted by atomic mass is 10.2. The normalized spacial score (nSPS) is 10.8. The minimum atomic E-state index is 0.599. The van der Waals surface area contributed by atoms with Crippen molar-refractivity contribution in [2.24, 2.45) is 12.8 Å². The van der Waals surface area contributed by atoms with Crippen molar-refractivity contribution in [3.8, 4) is 0 Å². The number of rotatable bonds is 7. The van der Waals surface area contributed by atoms with Crippen LogP contribution in [0.4, 0.5) is 5.69 Å². The van der Waals surface area contributed by atoms with Crippen LogP contribution in [0.3, 0.4) is 0 Å². The van der Waals surface area contributed by atoms with E-state index < -0.39 is 0 Å². The second-order valence-electron chi connectivity index (χ2n) is 5.06. The van der Waals surface area contributed by atoms with Gasteiger partial charge < -0.3 is 15.2 Å². The Kier molecular flexibility index (Phi) is 5.18. The van der Waals surface area contributed by atoms with Crippen molar-refractivity contribution in [3.05, 3.63) is 48.0 Å². The summed E-state index contributed by atoms with van der Waals surface area (Å²) >= 11 is 0. The monoisotopic (exact) mass is 272 g/mol. The molecule has 1 aromatic carbocycles. The lowest BCUT2D eigenvalue weighted by Crippen LogP contribution is -2.27. The molecule has 108 valence electrons. The third-order valence-electron chi connectivity index (χ3n) is 3.56. The van der Waals surface area contributed by atoms with E-state index in [4.69, 9.17) is 5.73 Å². The maximum absolute atomic E-state index is 5.65. The average molecular weight is 272 g/mol. The first-order valence-corrected chi connectivity index (χ1v) is 7.24. The molecule has 0 radical (unpaired) electrons. The Labute approximate surface area is 121 Å². The first kappa shape index (κ1) is 14.6. The number of nitrogens with two attached hydrogens (primary N) is 1. The quantitative estimate of drug-likeness (QED) is 0.841. The highest BCUT2D eigenvalue weighted by Crippen LogP contribution is 2.16. The van der Waals surface area contributed by atoms with Crippen LogP contribution in [-0.4, -0.2) is 22.6 Å². The van der Waals surface area contributed by atoms with Crippen LogP contribution in [0.2, 0.25) is 0 Å². The predicted molar refractivity (Wildman–Crippen MR) is 83.7 cm³/mol. The SMILES string of the molecule is CCCN(CCc1nccn1C)c1ccc(CN)cc1. The largest absolute Gasteiger partial charge is 0.371 e. The average Bonchev–Trinajstić information content (AvgIpc) is 2.89. The molecule has 0 aliphatic rings. The van der Waals surface area contributed by atoms with Gasteiger partial charge in [-0.15, -0.1) is 0 Å². The zero-order valence-electron chi connectivity index (χ0n) is 12.4. The van der Waals surface area contributed by atoms with Crippen LogP contribution >= 0.6 is 0 Å². The molecule has 0 unspecified atom stereocenters. The van der Waals surface area contributed by atoms with E-state index in [0.717, 1.165) is 31.8 Å². The molecule has 1 heterocycles. The molecule has 0 amide bonds. The predicted octanol–water partition coefficient (Wildman–Crippen LogP) is 2.34. The number of anilines is 1. The van der Waals surface area contributed by atoms with E-state index >= 15 is 0 Å². The van der Waals surface area contributed by atoms with E-state index in [0.29, 0.717) is 6.54 Å². The van der Waals surface area contributed by atoms with Gasteiger partial charge in [-0.25, -0.2) is 4.98 Å². The van der Waals surface area contributed by atoms with E-state index in [1.165, 1.54) is 11.3 Å². The highest BCUT2D eigenvalue weighted by Gasteiger charge is 2.07. The number of aryl methyl sites for hydroxylation is 1. The van der Waals surface area contributed by atoms with Gasteiger partial charge in [0.1, 0.15) is 5.82 Å². The minimum Gasteiger partial charge on any atom is -0.371 e. The van der Waals surface area contributed by atoms with Crippen LogP contribution in [0, 0.1) is 0 Å². The molecule has 0 spiro atoms. The molecular weight excluding hydrogens is 248 g/mol.